The Morgan fingerprint density at radius 3 is 2.52 bits per heavy atom. The topological polar surface area (TPSA) is 94.5 Å². The molecule has 1 aliphatic heterocycles. The molecule has 0 saturated carbocycles. The zero-order chi connectivity index (χ0) is 23.1. The number of carboxylic acids is 1. The van der Waals surface area contributed by atoms with Crippen molar-refractivity contribution in [2.24, 2.45) is 5.92 Å². The molecule has 3 aromatic carbocycles. The number of carboxylic acid groups (broad SMARTS) is 1. The van der Waals surface area contributed by atoms with E-state index in [9.17, 15) is 15.0 Å². The molecule has 3 atom stereocenters. The van der Waals surface area contributed by atoms with Gasteiger partial charge in [0.05, 0.1) is 19.6 Å². The van der Waals surface area contributed by atoms with Gasteiger partial charge in [-0.2, -0.15) is 0 Å². The smallest absolute Gasteiger partial charge is 0.308 e. The number of aliphatic carboxylic acids is 1. The number of aromatic hydroxyl groups is 1. The summed E-state index contributed by atoms with van der Waals surface area (Å²) in [5.41, 5.74) is 3.16. The highest BCUT2D eigenvalue weighted by Gasteiger charge is 2.47. The third kappa shape index (κ3) is 3.50. The minimum Gasteiger partial charge on any atom is -0.508 e. The molecule has 0 fully saturated rings. The van der Waals surface area contributed by atoms with E-state index < -0.39 is 23.7 Å². The van der Waals surface area contributed by atoms with E-state index in [0.29, 0.717) is 29.6 Å². The molecular weight excluding hydrogens is 424 g/mol. The normalized spacial score (nSPS) is 20.4. The van der Waals surface area contributed by atoms with Crippen molar-refractivity contribution in [1.29, 1.82) is 0 Å². The van der Waals surface area contributed by atoms with Gasteiger partial charge in [-0.1, -0.05) is 18.2 Å². The molecule has 3 aromatic rings. The van der Waals surface area contributed by atoms with Crippen molar-refractivity contribution in [3.05, 3.63) is 76.9 Å². The van der Waals surface area contributed by atoms with Crippen LogP contribution < -0.4 is 18.9 Å². The lowest BCUT2D eigenvalue weighted by molar-refractivity contribution is -0.142. The van der Waals surface area contributed by atoms with Gasteiger partial charge in [0, 0.05) is 23.5 Å². The van der Waals surface area contributed by atoms with Crippen molar-refractivity contribution in [3.8, 4) is 28.7 Å². The fourth-order valence-electron chi connectivity index (χ4n) is 5.01. The van der Waals surface area contributed by atoms with Gasteiger partial charge in [-0.15, -0.1) is 0 Å². The number of methoxy groups -OCH3 is 1. The Bertz CT molecular complexity index is 1220. The van der Waals surface area contributed by atoms with Crippen LogP contribution in [0.4, 0.5) is 0 Å². The zero-order valence-electron chi connectivity index (χ0n) is 18.3. The first-order valence-corrected chi connectivity index (χ1v) is 10.8. The van der Waals surface area contributed by atoms with E-state index in [4.69, 9.17) is 18.9 Å². The maximum atomic E-state index is 12.8. The number of hydrogen-bond donors (Lipinski definition) is 2. The zero-order valence-corrected chi connectivity index (χ0v) is 18.3. The van der Waals surface area contributed by atoms with Crippen molar-refractivity contribution in [2.75, 3.05) is 20.5 Å². The molecule has 0 bridgehead atoms. The summed E-state index contributed by atoms with van der Waals surface area (Å²) in [4.78, 5) is 12.8. The Balaban J connectivity index is 1.71. The Morgan fingerprint density at radius 1 is 0.970 bits per heavy atom. The van der Waals surface area contributed by atoms with E-state index in [1.807, 2.05) is 31.2 Å². The van der Waals surface area contributed by atoms with E-state index in [2.05, 4.69) is 0 Å². The predicted molar refractivity (Wildman–Crippen MR) is 120 cm³/mol. The molecular formula is C26H24O7. The second-order valence-corrected chi connectivity index (χ2v) is 8.08. The minimum absolute atomic E-state index is 0.0840. The molecule has 7 nitrogen and oxygen atoms in total. The largest absolute Gasteiger partial charge is 0.508 e. The van der Waals surface area contributed by atoms with Crippen molar-refractivity contribution in [1.82, 2.24) is 0 Å². The van der Waals surface area contributed by atoms with Crippen LogP contribution in [0.25, 0.3) is 0 Å². The highest BCUT2D eigenvalue weighted by Crippen LogP contribution is 2.55. The lowest BCUT2D eigenvalue weighted by atomic mass is 9.79. The predicted octanol–water partition coefficient (Wildman–Crippen LogP) is 4.51. The Hall–Kier alpha value is -3.87. The SMILES string of the molecule is CCOc1cc(OC)ccc1C1c2cc(O)ccc2C(c2ccc3c(c2)OCO3)C1C(=O)O. The molecule has 0 spiro atoms. The molecule has 3 unspecified atom stereocenters. The monoisotopic (exact) mass is 448 g/mol. The lowest BCUT2D eigenvalue weighted by Gasteiger charge is -2.24. The van der Waals surface area contributed by atoms with Crippen LogP contribution >= 0.6 is 0 Å². The van der Waals surface area contributed by atoms with E-state index in [-0.39, 0.29) is 12.5 Å². The molecule has 1 aliphatic carbocycles. The molecule has 0 amide bonds. The number of hydrogen-bond acceptors (Lipinski definition) is 6. The van der Waals surface area contributed by atoms with Crippen LogP contribution in [-0.2, 0) is 4.79 Å². The van der Waals surface area contributed by atoms with Crippen LogP contribution in [0, 0.1) is 5.92 Å². The maximum Gasteiger partial charge on any atom is 0.308 e. The fraction of sp³-hybridized carbons (Fsp3) is 0.269. The Labute approximate surface area is 191 Å². The van der Waals surface area contributed by atoms with Gasteiger partial charge in [0.25, 0.3) is 0 Å². The molecule has 0 saturated heterocycles. The van der Waals surface area contributed by atoms with Gasteiger partial charge in [-0.25, -0.2) is 0 Å². The van der Waals surface area contributed by atoms with Crippen LogP contribution in [0.2, 0.25) is 0 Å². The van der Waals surface area contributed by atoms with Crippen molar-refractivity contribution >= 4 is 5.97 Å². The molecule has 33 heavy (non-hydrogen) atoms. The second kappa shape index (κ2) is 8.24. The maximum absolute atomic E-state index is 12.8. The van der Waals surface area contributed by atoms with Gasteiger partial charge in [-0.05, 0) is 53.9 Å². The third-order valence-corrected chi connectivity index (χ3v) is 6.36. The van der Waals surface area contributed by atoms with E-state index >= 15 is 0 Å². The highest BCUT2D eigenvalue weighted by atomic mass is 16.7. The first kappa shape index (κ1) is 21.0. The standard InChI is InChI=1S/C26H24O7/c1-3-31-21-12-16(30-2)6-8-18(21)24-19-11-15(27)5-7-17(19)23(25(24)26(28)29)14-4-9-20-22(10-14)33-13-32-20/h4-12,23-25,27H,3,13H2,1-2H3,(H,28,29). The number of ether oxygens (including phenoxy) is 4. The molecule has 0 aromatic heterocycles. The summed E-state index contributed by atoms with van der Waals surface area (Å²) in [7, 11) is 1.57. The van der Waals surface area contributed by atoms with Gasteiger partial charge in [0.15, 0.2) is 11.5 Å². The summed E-state index contributed by atoms with van der Waals surface area (Å²) < 4.78 is 22.2. The van der Waals surface area contributed by atoms with Crippen LogP contribution in [0.1, 0.15) is 41.0 Å². The molecule has 1 heterocycles. The van der Waals surface area contributed by atoms with E-state index in [0.717, 1.165) is 22.3 Å². The summed E-state index contributed by atoms with van der Waals surface area (Å²) in [5.74, 6) is -0.238. The third-order valence-electron chi connectivity index (χ3n) is 6.36. The van der Waals surface area contributed by atoms with Crippen LogP contribution in [0.15, 0.2) is 54.6 Å². The van der Waals surface area contributed by atoms with Crippen molar-refractivity contribution < 1.29 is 34.0 Å². The first-order valence-electron chi connectivity index (χ1n) is 10.8. The van der Waals surface area contributed by atoms with Gasteiger partial charge in [0.1, 0.15) is 17.2 Å². The lowest BCUT2D eigenvalue weighted by Crippen LogP contribution is -2.24. The average molecular weight is 448 g/mol. The van der Waals surface area contributed by atoms with Gasteiger partial charge in [0.2, 0.25) is 6.79 Å². The van der Waals surface area contributed by atoms with E-state index in [1.165, 1.54) is 0 Å². The van der Waals surface area contributed by atoms with Crippen LogP contribution in [0.3, 0.4) is 0 Å². The number of benzene rings is 3. The van der Waals surface area contributed by atoms with Gasteiger partial charge >= 0.3 is 5.97 Å². The summed E-state index contributed by atoms with van der Waals surface area (Å²) >= 11 is 0. The summed E-state index contributed by atoms with van der Waals surface area (Å²) in [5, 5.41) is 20.7. The van der Waals surface area contributed by atoms with Crippen molar-refractivity contribution in [3.63, 3.8) is 0 Å². The van der Waals surface area contributed by atoms with Crippen LogP contribution in [-0.4, -0.2) is 36.7 Å². The molecule has 7 heteroatoms. The molecule has 5 rings (SSSR count). The molecule has 170 valence electrons. The number of phenolic OH excluding ortho intramolecular Hbond substituents is 1. The molecule has 2 aliphatic rings. The fourth-order valence-corrected chi connectivity index (χ4v) is 5.01. The summed E-state index contributed by atoms with van der Waals surface area (Å²) in [6.45, 7) is 2.44. The van der Waals surface area contributed by atoms with Crippen LogP contribution in [0.5, 0.6) is 28.7 Å². The first-order chi connectivity index (χ1) is 16.0. The summed E-state index contributed by atoms with van der Waals surface area (Å²) in [6.07, 6.45) is 0. The van der Waals surface area contributed by atoms with Crippen molar-refractivity contribution in [2.45, 2.75) is 18.8 Å². The van der Waals surface area contributed by atoms with Gasteiger partial charge in [-0.3, -0.25) is 4.79 Å². The number of fused-ring (bicyclic) bond motifs is 2. The van der Waals surface area contributed by atoms with Gasteiger partial charge < -0.3 is 29.2 Å². The highest BCUT2D eigenvalue weighted by molar-refractivity contribution is 5.78. The second-order valence-electron chi connectivity index (χ2n) is 8.08. The quantitative estimate of drug-likeness (QED) is 0.573. The molecule has 2 N–H and O–H groups in total. The Kier molecular flexibility index (Phi) is 5.24. The molecule has 0 radical (unpaired) electrons. The van der Waals surface area contributed by atoms with E-state index in [1.54, 1.807) is 37.4 Å². The average Bonchev–Trinajstić information content (AvgIpc) is 3.41. The number of phenols is 1. The summed E-state index contributed by atoms with van der Waals surface area (Å²) in [6, 6.07) is 16.0. The number of carbonyl (C=O) groups is 1. The Morgan fingerprint density at radius 2 is 1.76 bits per heavy atom. The minimum atomic E-state index is -0.934. The number of rotatable bonds is 6.